The minimum absolute atomic E-state index is 0.102. The van der Waals surface area contributed by atoms with E-state index in [-0.39, 0.29) is 12.3 Å². The topological polar surface area (TPSA) is 42.0 Å². The number of rotatable bonds is 5. The van der Waals surface area contributed by atoms with Crippen molar-refractivity contribution in [1.82, 2.24) is 4.98 Å². The van der Waals surface area contributed by atoms with Gasteiger partial charge in [-0.1, -0.05) is 53.0 Å². The smallest absolute Gasteiger partial charge is 0.230 e. The normalized spacial score (nSPS) is 10.7. The highest BCUT2D eigenvalue weighted by atomic mass is 35.5. The van der Waals surface area contributed by atoms with E-state index in [1.54, 1.807) is 24.4 Å². The molecule has 3 nitrogen and oxygen atoms in total. The van der Waals surface area contributed by atoms with E-state index in [0.717, 1.165) is 16.9 Å². The first-order chi connectivity index (χ1) is 12.0. The summed E-state index contributed by atoms with van der Waals surface area (Å²) in [6, 6.07) is 12.8. The molecule has 0 aliphatic heterocycles. The van der Waals surface area contributed by atoms with Gasteiger partial charge in [-0.05, 0) is 35.4 Å². The Morgan fingerprint density at radius 2 is 1.72 bits per heavy atom. The molecule has 0 spiro atoms. The molecule has 0 saturated carbocycles. The summed E-state index contributed by atoms with van der Waals surface area (Å²) in [6.45, 7) is 0. The minimum Gasteiger partial charge on any atom is -0.302 e. The van der Waals surface area contributed by atoms with Crippen LogP contribution in [0.25, 0.3) is 0 Å². The van der Waals surface area contributed by atoms with E-state index < -0.39 is 0 Å². The highest BCUT2D eigenvalue weighted by Crippen LogP contribution is 2.26. The largest absolute Gasteiger partial charge is 0.302 e. The van der Waals surface area contributed by atoms with E-state index in [1.165, 1.54) is 11.3 Å². The fourth-order valence-corrected chi connectivity index (χ4v) is 3.80. The third kappa shape index (κ3) is 4.95. The van der Waals surface area contributed by atoms with Crippen molar-refractivity contribution >= 4 is 57.2 Å². The van der Waals surface area contributed by atoms with Gasteiger partial charge in [-0.3, -0.25) is 4.79 Å². The Balaban J connectivity index is 1.63. The van der Waals surface area contributed by atoms with E-state index in [9.17, 15) is 4.79 Å². The van der Waals surface area contributed by atoms with Crippen LogP contribution in [0.1, 0.15) is 16.0 Å². The summed E-state index contributed by atoms with van der Waals surface area (Å²) in [6.07, 6.45) is 2.60. The minimum atomic E-state index is -0.206. The number of halogens is 3. The summed E-state index contributed by atoms with van der Waals surface area (Å²) in [4.78, 5) is 17.5. The van der Waals surface area contributed by atoms with Crippen LogP contribution in [-0.2, 0) is 17.6 Å². The molecule has 0 bridgehead atoms. The molecule has 1 N–H and O–H groups in total. The highest BCUT2D eigenvalue weighted by Gasteiger charge is 2.12. The second kappa shape index (κ2) is 8.19. The SMILES string of the molecule is O=C(Cc1c(Cl)cccc1Cl)Nc1ncc(Cc2ccc(Cl)cc2)s1. The number of amides is 1. The van der Waals surface area contributed by atoms with Crippen LogP contribution in [0.4, 0.5) is 5.13 Å². The third-order valence-corrected chi connectivity index (χ3v) is 5.36. The number of nitrogens with zero attached hydrogens (tertiary/aromatic N) is 1. The molecule has 0 aliphatic carbocycles. The zero-order chi connectivity index (χ0) is 17.8. The predicted octanol–water partition coefficient (Wildman–Crippen LogP) is 5.88. The van der Waals surface area contributed by atoms with Gasteiger partial charge >= 0.3 is 0 Å². The molecule has 2 aromatic carbocycles. The number of anilines is 1. The van der Waals surface area contributed by atoms with Crippen LogP contribution in [0.15, 0.2) is 48.7 Å². The van der Waals surface area contributed by atoms with Crippen molar-refractivity contribution in [2.75, 3.05) is 5.32 Å². The van der Waals surface area contributed by atoms with Crippen molar-refractivity contribution in [3.63, 3.8) is 0 Å². The average Bonchev–Trinajstić information content (AvgIpc) is 3.00. The number of hydrogen-bond donors (Lipinski definition) is 1. The number of hydrogen-bond acceptors (Lipinski definition) is 3. The molecule has 0 fully saturated rings. The number of nitrogens with one attached hydrogen (secondary N) is 1. The van der Waals surface area contributed by atoms with Gasteiger partial charge in [-0.2, -0.15) is 0 Å². The Bertz CT molecular complexity index is 873. The van der Waals surface area contributed by atoms with Crippen molar-refractivity contribution in [2.45, 2.75) is 12.8 Å². The molecule has 0 aliphatic rings. The maximum atomic E-state index is 12.2. The van der Waals surface area contributed by atoms with Crippen LogP contribution in [0.3, 0.4) is 0 Å². The predicted molar refractivity (Wildman–Crippen MR) is 105 cm³/mol. The molecule has 1 aromatic heterocycles. The fraction of sp³-hybridized carbons (Fsp3) is 0.111. The summed E-state index contributed by atoms with van der Waals surface area (Å²) in [5, 5.41) is 5.00. The van der Waals surface area contributed by atoms with E-state index >= 15 is 0 Å². The van der Waals surface area contributed by atoms with Gasteiger partial charge < -0.3 is 5.32 Å². The number of benzene rings is 2. The van der Waals surface area contributed by atoms with E-state index in [0.29, 0.717) is 25.8 Å². The zero-order valence-electron chi connectivity index (χ0n) is 12.9. The lowest BCUT2D eigenvalue weighted by atomic mass is 10.1. The first-order valence-electron chi connectivity index (χ1n) is 7.43. The van der Waals surface area contributed by atoms with Crippen molar-refractivity contribution in [3.05, 3.63) is 79.7 Å². The summed E-state index contributed by atoms with van der Waals surface area (Å²) < 4.78 is 0. The maximum Gasteiger partial charge on any atom is 0.230 e. The van der Waals surface area contributed by atoms with Crippen LogP contribution in [0.5, 0.6) is 0 Å². The third-order valence-electron chi connectivity index (χ3n) is 3.49. The van der Waals surface area contributed by atoms with E-state index in [2.05, 4.69) is 10.3 Å². The van der Waals surface area contributed by atoms with Gasteiger partial charge in [-0.25, -0.2) is 4.98 Å². The summed E-state index contributed by atoms with van der Waals surface area (Å²) in [7, 11) is 0. The van der Waals surface area contributed by atoms with Gasteiger partial charge in [0, 0.05) is 32.6 Å². The number of thiazole rings is 1. The van der Waals surface area contributed by atoms with Crippen LogP contribution in [-0.4, -0.2) is 10.9 Å². The van der Waals surface area contributed by atoms with Gasteiger partial charge in [0.1, 0.15) is 0 Å². The Morgan fingerprint density at radius 3 is 2.40 bits per heavy atom. The molecule has 0 saturated heterocycles. The first kappa shape index (κ1) is 18.2. The molecule has 1 amide bonds. The monoisotopic (exact) mass is 410 g/mol. The van der Waals surface area contributed by atoms with E-state index in [1.807, 2.05) is 24.3 Å². The molecule has 3 rings (SSSR count). The zero-order valence-corrected chi connectivity index (χ0v) is 16.0. The number of aromatic nitrogens is 1. The van der Waals surface area contributed by atoms with Crippen LogP contribution >= 0.6 is 46.1 Å². The molecule has 0 radical (unpaired) electrons. The van der Waals surface area contributed by atoms with Crippen molar-refractivity contribution in [3.8, 4) is 0 Å². The molecular weight excluding hydrogens is 399 g/mol. The second-order valence-electron chi connectivity index (χ2n) is 5.36. The molecule has 0 unspecified atom stereocenters. The highest BCUT2D eigenvalue weighted by molar-refractivity contribution is 7.15. The van der Waals surface area contributed by atoms with Gasteiger partial charge in [0.15, 0.2) is 5.13 Å². The summed E-state index contributed by atoms with van der Waals surface area (Å²) >= 11 is 19.5. The Kier molecular flexibility index (Phi) is 5.97. The van der Waals surface area contributed by atoms with Crippen molar-refractivity contribution < 1.29 is 4.79 Å². The fourth-order valence-electron chi connectivity index (χ4n) is 2.28. The van der Waals surface area contributed by atoms with Crippen molar-refractivity contribution in [1.29, 1.82) is 0 Å². The quantitative estimate of drug-likeness (QED) is 0.570. The lowest BCUT2D eigenvalue weighted by Crippen LogP contribution is -2.14. The number of carbonyl (C=O) groups is 1. The Labute approximate surface area is 164 Å². The van der Waals surface area contributed by atoms with Crippen molar-refractivity contribution in [2.24, 2.45) is 0 Å². The van der Waals surface area contributed by atoms with Crippen LogP contribution in [0, 0.1) is 0 Å². The molecule has 0 atom stereocenters. The lowest BCUT2D eigenvalue weighted by molar-refractivity contribution is -0.115. The second-order valence-corrected chi connectivity index (χ2v) is 7.73. The van der Waals surface area contributed by atoms with Gasteiger partial charge in [0.05, 0.1) is 6.42 Å². The molecule has 3 aromatic rings. The Hall–Kier alpha value is -1.59. The Morgan fingerprint density at radius 1 is 1.04 bits per heavy atom. The molecule has 7 heteroatoms. The van der Waals surface area contributed by atoms with Crippen LogP contribution in [0.2, 0.25) is 15.1 Å². The standard InChI is InChI=1S/C18H13Cl3N2OS/c19-12-6-4-11(5-7-12)8-13-10-22-18(25-13)23-17(24)9-14-15(20)2-1-3-16(14)21/h1-7,10H,8-9H2,(H,22,23,24). The summed E-state index contributed by atoms with van der Waals surface area (Å²) in [5.41, 5.74) is 1.75. The average molecular weight is 412 g/mol. The van der Waals surface area contributed by atoms with Crippen LogP contribution < -0.4 is 5.32 Å². The summed E-state index contributed by atoms with van der Waals surface area (Å²) in [5.74, 6) is -0.206. The van der Waals surface area contributed by atoms with Gasteiger partial charge in [0.25, 0.3) is 0 Å². The molecule has 128 valence electrons. The first-order valence-corrected chi connectivity index (χ1v) is 9.38. The number of carbonyl (C=O) groups excluding carboxylic acids is 1. The molecule has 25 heavy (non-hydrogen) atoms. The van der Waals surface area contributed by atoms with E-state index in [4.69, 9.17) is 34.8 Å². The molecular formula is C18H13Cl3N2OS. The van der Waals surface area contributed by atoms with Gasteiger partial charge in [0.2, 0.25) is 5.91 Å². The van der Waals surface area contributed by atoms with Gasteiger partial charge in [-0.15, -0.1) is 11.3 Å². The maximum absolute atomic E-state index is 12.2. The lowest BCUT2D eigenvalue weighted by Gasteiger charge is -2.06. The molecule has 1 heterocycles.